The number of carbonyl (C=O) groups excluding carboxylic acids is 1. The first-order chi connectivity index (χ1) is 15.9. The molecule has 2 saturated heterocycles. The summed E-state index contributed by atoms with van der Waals surface area (Å²) in [4.78, 5) is 33.6. The van der Waals surface area contributed by atoms with Gasteiger partial charge in [-0.1, -0.05) is 12.1 Å². The summed E-state index contributed by atoms with van der Waals surface area (Å²) in [6.07, 6.45) is 5.69. The number of nitrogens with one attached hydrogen (secondary N) is 1. The average Bonchev–Trinajstić information content (AvgIpc) is 3.34. The number of hydrogen-bond acceptors (Lipinski definition) is 6. The molecule has 5 rings (SSSR count). The summed E-state index contributed by atoms with van der Waals surface area (Å²) in [6, 6.07) is 9.99. The minimum atomic E-state index is -0.421. The first-order valence-electron chi connectivity index (χ1n) is 11.9. The molecule has 9 nitrogen and oxygen atoms in total. The highest BCUT2D eigenvalue weighted by Crippen LogP contribution is 2.37. The maximum Gasteiger partial charge on any atom is 0.354 e. The normalized spacial score (nSPS) is 25.1. The molecular formula is C24H34ClN7O2. The van der Waals surface area contributed by atoms with Crippen molar-refractivity contribution >= 4 is 24.3 Å². The summed E-state index contributed by atoms with van der Waals surface area (Å²) in [5.41, 5.74) is 13.5. The molecule has 1 aromatic heterocycles. The van der Waals surface area contributed by atoms with Gasteiger partial charge in [-0.05, 0) is 74.4 Å². The SMILES string of the molecule is Cl.NC1CCN(Cc2ccc(-n3ccc(NC(=O)N4C[C@H]5C[C@H](N)C[C@H]5C4)nc3=O)cc2)CC1. The van der Waals surface area contributed by atoms with Crippen LogP contribution in [0.3, 0.4) is 0 Å². The Bertz CT molecular complexity index is 1040. The van der Waals surface area contributed by atoms with Gasteiger partial charge < -0.3 is 16.4 Å². The third-order valence-corrected chi connectivity index (χ3v) is 7.37. The molecule has 1 aliphatic carbocycles. The summed E-state index contributed by atoms with van der Waals surface area (Å²) < 4.78 is 1.49. The second-order valence-corrected chi connectivity index (χ2v) is 9.83. The zero-order valence-electron chi connectivity index (χ0n) is 19.3. The van der Waals surface area contributed by atoms with Crippen LogP contribution in [0.1, 0.15) is 31.2 Å². The van der Waals surface area contributed by atoms with Crippen LogP contribution in [0.5, 0.6) is 0 Å². The third kappa shape index (κ3) is 5.43. The molecule has 0 unspecified atom stereocenters. The van der Waals surface area contributed by atoms with Crippen molar-refractivity contribution in [2.45, 2.75) is 44.3 Å². The van der Waals surface area contributed by atoms with E-state index in [1.807, 2.05) is 29.2 Å². The first-order valence-corrected chi connectivity index (χ1v) is 11.9. The number of hydrogen-bond donors (Lipinski definition) is 3. The Labute approximate surface area is 205 Å². The number of nitrogens with two attached hydrogens (primary N) is 2. The molecule has 2 aromatic rings. The van der Waals surface area contributed by atoms with E-state index in [0.29, 0.717) is 17.9 Å². The molecule has 3 heterocycles. The van der Waals surface area contributed by atoms with Crippen LogP contribution in [0.4, 0.5) is 10.6 Å². The molecular weight excluding hydrogens is 454 g/mol. The zero-order valence-corrected chi connectivity index (χ0v) is 20.1. The van der Waals surface area contributed by atoms with Crippen LogP contribution in [-0.4, -0.2) is 63.6 Å². The Hall–Kier alpha value is -2.46. The van der Waals surface area contributed by atoms with Crippen molar-refractivity contribution in [1.29, 1.82) is 0 Å². The molecule has 1 saturated carbocycles. The van der Waals surface area contributed by atoms with Crippen molar-refractivity contribution in [3.8, 4) is 5.69 Å². The van der Waals surface area contributed by atoms with Gasteiger partial charge in [0.15, 0.2) is 0 Å². The van der Waals surface area contributed by atoms with Crippen LogP contribution >= 0.6 is 12.4 Å². The van der Waals surface area contributed by atoms with Crippen LogP contribution in [0.25, 0.3) is 5.69 Å². The second-order valence-electron chi connectivity index (χ2n) is 9.83. The number of nitrogens with zero attached hydrogens (tertiary/aromatic N) is 4. The highest BCUT2D eigenvalue weighted by Gasteiger charge is 2.41. The van der Waals surface area contributed by atoms with E-state index in [1.54, 1.807) is 12.3 Å². The van der Waals surface area contributed by atoms with Crippen LogP contribution in [0.2, 0.25) is 0 Å². The van der Waals surface area contributed by atoms with Crippen LogP contribution < -0.4 is 22.5 Å². The lowest BCUT2D eigenvalue weighted by Crippen LogP contribution is -2.39. The van der Waals surface area contributed by atoms with E-state index in [2.05, 4.69) is 15.2 Å². The number of halogens is 1. The van der Waals surface area contributed by atoms with Crippen molar-refractivity contribution < 1.29 is 4.79 Å². The Morgan fingerprint density at radius 3 is 2.26 bits per heavy atom. The van der Waals surface area contributed by atoms with Gasteiger partial charge in [0.2, 0.25) is 0 Å². The predicted molar refractivity (Wildman–Crippen MR) is 134 cm³/mol. The fourth-order valence-corrected chi connectivity index (χ4v) is 5.50. The topological polar surface area (TPSA) is 123 Å². The van der Waals surface area contributed by atoms with Gasteiger partial charge >= 0.3 is 11.7 Å². The summed E-state index contributed by atoms with van der Waals surface area (Å²) in [7, 11) is 0. The number of amides is 2. The van der Waals surface area contributed by atoms with Gasteiger partial charge in [0.1, 0.15) is 5.82 Å². The molecule has 0 bridgehead atoms. The fraction of sp³-hybridized carbons (Fsp3) is 0.542. The van der Waals surface area contributed by atoms with Gasteiger partial charge in [-0.15, -0.1) is 12.4 Å². The Morgan fingerprint density at radius 2 is 1.65 bits per heavy atom. The molecule has 2 amide bonds. The van der Waals surface area contributed by atoms with Crippen molar-refractivity contribution in [3.63, 3.8) is 0 Å². The molecule has 10 heteroatoms. The van der Waals surface area contributed by atoms with Crippen LogP contribution in [0, 0.1) is 11.8 Å². The number of urea groups is 1. The number of piperidine rings is 1. The maximum absolute atomic E-state index is 12.6. The summed E-state index contributed by atoms with van der Waals surface area (Å²) >= 11 is 0. The standard InChI is InChI=1S/C24H33N7O2.ClH/c25-19-5-8-29(9-6-19)13-16-1-3-21(4-2-16)31-10-7-22(28-24(31)33)27-23(32)30-14-17-11-20(26)12-18(17)15-30;/h1-4,7,10,17-20H,5-6,8-9,11-15,25-26H2,(H,27,28,32,33);1H/t17-,18+,20+;. The molecule has 184 valence electrons. The van der Waals surface area contributed by atoms with Gasteiger partial charge in [-0.3, -0.25) is 14.8 Å². The molecule has 2 aliphatic heterocycles. The average molecular weight is 488 g/mol. The number of rotatable bonds is 4. The Balaban J connectivity index is 0.00000274. The van der Waals surface area contributed by atoms with Crippen molar-refractivity contribution in [1.82, 2.24) is 19.4 Å². The van der Waals surface area contributed by atoms with Gasteiger partial charge in [0.05, 0.1) is 5.69 Å². The van der Waals surface area contributed by atoms with Crippen molar-refractivity contribution in [3.05, 3.63) is 52.6 Å². The maximum atomic E-state index is 12.6. The van der Waals surface area contributed by atoms with Gasteiger partial charge in [-0.25, -0.2) is 9.59 Å². The summed E-state index contributed by atoms with van der Waals surface area (Å²) in [6.45, 7) is 4.36. The molecule has 3 aliphatic rings. The van der Waals surface area contributed by atoms with E-state index in [9.17, 15) is 9.59 Å². The number of benzene rings is 1. The summed E-state index contributed by atoms with van der Waals surface area (Å²) in [5.74, 6) is 1.25. The van der Waals surface area contributed by atoms with E-state index in [0.717, 1.165) is 64.1 Å². The van der Waals surface area contributed by atoms with E-state index < -0.39 is 5.69 Å². The van der Waals surface area contributed by atoms with Gasteiger partial charge in [0, 0.05) is 37.9 Å². The number of aromatic nitrogens is 2. The smallest absolute Gasteiger partial charge is 0.328 e. The molecule has 34 heavy (non-hydrogen) atoms. The highest BCUT2D eigenvalue weighted by atomic mass is 35.5. The minimum Gasteiger partial charge on any atom is -0.328 e. The molecule has 3 fully saturated rings. The monoisotopic (exact) mass is 487 g/mol. The number of fused-ring (bicyclic) bond motifs is 1. The second kappa shape index (κ2) is 10.4. The largest absolute Gasteiger partial charge is 0.354 e. The Kier molecular flexibility index (Phi) is 7.57. The first kappa shape index (κ1) is 24.7. The fourth-order valence-electron chi connectivity index (χ4n) is 5.50. The lowest BCUT2D eigenvalue weighted by atomic mass is 10.0. The van der Waals surface area contributed by atoms with Gasteiger partial charge in [0.25, 0.3) is 0 Å². The van der Waals surface area contributed by atoms with E-state index in [-0.39, 0.29) is 30.3 Å². The quantitative estimate of drug-likeness (QED) is 0.604. The number of anilines is 1. The van der Waals surface area contributed by atoms with Crippen LogP contribution in [-0.2, 0) is 6.54 Å². The molecule has 0 spiro atoms. The molecule has 5 N–H and O–H groups in total. The van der Waals surface area contributed by atoms with E-state index >= 15 is 0 Å². The lowest BCUT2D eigenvalue weighted by Gasteiger charge is -2.30. The molecule has 0 radical (unpaired) electrons. The number of carbonyl (C=O) groups is 1. The predicted octanol–water partition coefficient (Wildman–Crippen LogP) is 1.78. The van der Waals surface area contributed by atoms with E-state index in [1.165, 1.54) is 10.1 Å². The Morgan fingerprint density at radius 1 is 1.00 bits per heavy atom. The van der Waals surface area contributed by atoms with Crippen LogP contribution in [0.15, 0.2) is 41.3 Å². The molecule has 1 aromatic carbocycles. The highest BCUT2D eigenvalue weighted by molar-refractivity contribution is 5.88. The third-order valence-electron chi connectivity index (χ3n) is 7.37. The van der Waals surface area contributed by atoms with Crippen molar-refractivity contribution in [2.24, 2.45) is 23.3 Å². The molecule has 3 atom stereocenters. The lowest BCUT2D eigenvalue weighted by molar-refractivity contribution is 0.205. The number of likely N-dealkylation sites (tertiary alicyclic amines) is 2. The van der Waals surface area contributed by atoms with Crippen molar-refractivity contribution in [2.75, 3.05) is 31.5 Å². The summed E-state index contributed by atoms with van der Waals surface area (Å²) in [5, 5.41) is 2.78. The zero-order chi connectivity index (χ0) is 22.9. The van der Waals surface area contributed by atoms with E-state index in [4.69, 9.17) is 11.5 Å². The minimum absolute atomic E-state index is 0. The van der Waals surface area contributed by atoms with Gasteiger partial charge in [-0.2, -0.15) is 4.98 Å².